The molecule has 2 N–H and O–H groups in total. The van der Waals surface area contributed by atoms with Gasteiger partial charge in [0.15, 0.2) is 0 Å². The Hall–Kier alpha value is -1.69. The largest absolute Gasteiger partial charge is 0.368 e. The Bertz CT molecular complexity index is 564. The third-order valence-electron chi connectivity index (χ3n) is 3.68. The summed E-state index contributed by atoms with van der Waals surface area (Å²) in [5, 5.41) is 0. The highest BCUT2D eigenvalue weighted by Gasteiger charge is 2.26. The average Bonchev–Trinajstić information content (AvgIpc) is 2.36. The molecule has 1 amide bonds. The Morgan fingerprint density at radius 1 is 1.43 bits per heavy atom. The number of carbonyl (C=O) groups excluding carboxylic acids is 1. The first-order valence-corrected chi connectivity index (χ1v) is 7.23. The summed E-state index contributed by atoms with van der Waals surface area (Å²) in [5.41, 5.74) is 6.08. The third-order valence-corrected chi connectivity index (χ3v) is 3.68. The second-order valence-electron chi connectivity index (χ2n) is 6.12. The van der Waals surface area contributed by atoms with Gasteiger partial charge in [-0.2, -0.15) is 0 Å². The molecule has 5 nitrogen and oxygen atoms in total. The normalized spacial score (nSPS) is 17.7. The van der Waals surface area contributed by atoms with E-state index in [0.717, 1.165) is 5.56 Å². The van der Waals surface area contributed by atoms with Gasteiger partial charge < -0.3 is 10.3 Å². The summed E-state index contributed by atoms with van der Waals surface area (Å²) >= 11 is 0. The quantitative estimate of drug-likeness (QED) is 0.853. The molecule has 116 valence electrons. The molecular formula is C15H22FN3O2. The highest BCUT2D eigenvalue weighted by molar-refractivity contribution is 5.78. The van der Waals surface area contributed by atoms with Crippen molar-refractivity contribution in [1.29, 1.82) is 0 Å². The van der Waals surface area contributed by atoms with Crippen molar-refractivity contribution in [2.24, 2.45) is 11.7 Å². The molecule has 0 bridgehead atoms. The van der Waals surface area contributed by atoms with Crippen LogP contribution in [0.15, 0.2) is 23.1 Å². The maximum Gasteiger partial charge on any atom is 0.251 e. The van der Waals surface area contributed by atoms with E-state index in [1.54, 1.807) is 12.3 Å². The van der Waals surface area contributed by atoms with Crippen molar-refractivity contribution in [3.05, 3.63) is 34.2 Å². The minimum absolute atomic E-state index is 0.241. The van der Waals surface area contributed by atoms with Gasteiger partial charge >= 0.3 is 0 Å². The lowest BCUT2D eigenvalue weighted by Gasteiger charge is -2.34. The van der Waals surface area contributed by atoms with Crippen molar-refractivity contribution in [2.45, 2.75) is 39.0 Å². The number of rotatable bonds is 6. The molecule has 1 atom stereocenters. The fourth-order valence-corrected chi connectivity index (χ4v) is 2.59. The van der Waals surface area contributed by atoms with Gasteiger partial charge in [-0.05, 0) is 17.9 Å². The van der Waals surface area contributed by atoms with Gasteiger partial charge in [-0.25, -0.2) is 4.39 Å². The molecule has 1 fully saturated rings. The average molecular weight is 295 g/mol. The first-order chi connectivity index (χ1) is 9.86. The van der Waals surface area contributed by atoms with Crippen LogP contribution in [0.3, 0.4) is 0 Å². The number of hydrogen-bond acceptors (Lipinski definition) is 3. The van der Waals surface area contributed by atoms with Crippen molar-refractivity contribution in [1.82, 2.24) is 9.47 Å². The van der Waals surface area contributed by atoms with Gasteiger partial charge in [0.25, 0.3) is 5.56 Å². The molecule has 0 aromatic carbocycles. The highest BCUT2D eigenvalue weighted by atomic mass is 19.1. The summed E-state index contributed by atoms with van der Waals surface area (Å²) in [6.45, 7) is 5.38. The number of likely N-dealkylation sites (tertiary alicyclic amines) is 1. The molecule has 6 heteroatoms. The minimum atomic E-state index is -0.754. The predicted octanol–water partition coefficient (Wildman–Crippen LogP) is 1.07. The summed E-state index contributed by atoms with van der Waals surface area (Å²) < 4.78 is 14.2. The van der Waals surface area contributed by atoms with Gasteiger partial charge in [0.1, 0.15) is 12.2 Å². The van der Waals surface area contributed by atoms with E-state index < -0.39 is 18.1 Å². The number of amides is 1. The molecule has 1 unspecified atom stereocenters. The number of primary amides is 1. The molecule has 1 saturated heterocycles. The van der Waals surface area contributed by atoms with Crippen LogP contribution in [0.5, 0.6) is 0 Å². The second kappa shape index (κ2) is 6.39. The van der Waals surface area contributed by atoms with E-state index in [-0.39, 0.29) is 11.5 Å². The van der Waals surface area contributed by atoms with Crippen LogP contribution in [0.4, 0.5) is 4.39 Å². The lowest BCUT2D eigenvalue weighted by Crippen LogP contribution is -2.47. The first-order valence-electron chi connectivity index (χ1n) is 7.23. The van der Waals surface area contributed by atoms with Crippen LogP contribution < -0.4 is 11.3 Å². The minimum Gasteiger partial charge on any atom is -0.368 e. The Balaban J connectivity index is 2.20. The summed E-state index contributed by atoms with van der Waals surface area (Å²) in [7, 11) is 0. The molecule has 0 spiro atoms. The lowest BCUT2D eigenvalue weighted by atomic mass is 10.0. The molecule has 1 aliphatic rings. The van der Waals surface area contributed by atoms with Gasteiger partial charge in [0, 0.05) is 31.9 Å². The highest BCUT2D eigenvalue weighted by Crippen LogP contribution is 2.18. The van der Waals surface area contributed by atoms with Gasteiger partial charge in [-0.3, -0.25) is 14.5 Å². The smallest absolute Gasteiger partial charge is 0.251 e. The number of pyridine rings is 1. The standard InChI is InChI=1S/C15H22FN3O2/c1-10(2)5-13(15(17)21)19-7-11(3-4-14(19)20)6-18-8-12(16)9-18/h3-4,7,10,12-13H,5-6,8-9H2,1-2H3,(H2,17,21). The maximum atomic E-state index is 12.8. The number of carbonyl (C=O) groups is 1. The SMILES string of the molecule is CC(C)CC(C(N)=O)n1cc(CN2CC(F)C2)ccc1=O. The summed E-state index contributed by atoms with van der Waals surface area (Å²) in [5.74, 6) is -0.253. The van der Waals surface area contributed by atoms with Crippen LogP contribution in [0.1, 0.15) is 31.9 Å². The molecule has 2 heterocycles. The second-order valence-corrected chi connectivity index (χ2v) is 6.12. The van der Waals surface area contributed by atoms with Gasteiger partial charge in [-0.1, -0.05) is 19.9 Å². The fourth-order valence-electron chi connectivity index (χ4n) is 2.59. The molecule has 0 saturated carbocycles. The van der Waals surface area contributed by atoms with Crippen molar-refractivity contribution in [3.63, 3.8) is 0 Å². The Labute approximate surface area is 123 Å². The molecule has 0 aliphatic carbocycles. The maximum absolute atomic E-state index is 12.8. The van der Waals surface area contributed by atoms with Crippen LogP contribution in [-0.2, 0) is 11.3 Å². The molecule has 1 aromatic heterocycles. The zero-order chi connectivity index (χ0) is 15.6. The first kappa shape index (κ1) is 15.7. The number of aromatic nitrogens is 1. The number of nitrogens with zero attached hydrogens (tertiary/aromatic N) is 2. The number of hydrogen-bond donors (Lipinski definition) is 1. The molecule has 21 heavy (non-hydrogen) atoms. The predicted molar refractivity (Wildman–Crippen MR) is 78.6 cm³/mol. The van der Waals surface area contributed by atoms with Crippen LogP contribution in [0.25, 0.3) is 0 Å². The number of nitrogens with two attached hydrogens (primary N) is 1. The zero-order valence-electron chi connectivity index (χ0n) is 12.5. The zero-order valence-corrected chi connectivity index (χ0v) is 12.5. The van der Waals surface area contributed by atoms with Crippen LogP contribution in [-0.4, -0.2) is 34.6 Å². The van der Waals surface area contributed by atoms with E-state index in [0.29, 0.717) is 26.1 Å². The van der Waals surface area contributed by atoms with E-state index in [9.17, 15) is 14.0 Å². The van der Waals surface area contributed by atoms with E-state index in [4.69, 9.17) is 5.73 Å². The third kappa shape index (κ3) is 3.91. The van der Waals surface area contributed by atoms with Crippen molar-refractivity contribution in [3.8, 4) is 0 Å². The Morgan fingerprint density at radius 3 is 2.62 bits per heavy atom. The fraction of sp³-hybridized carbons (Fsp3) is 0.600. The summed E-state index contributed by atoms with van der Waals surface area (Å²) in [6.07, 6.45) is 1.44. The Kier molecular flexibility index (Phi) is 4.77. The van der Waals surface area contributed by atoms with Crippen molar-refractivity contribution < 1.29 is 9.18 Å². The molecular weight excluding hydrogens is 273 g/mol. The van der Waals surface area contributed by atoms with Gasteiger partial charge in [-0.15, -0.1) is 0 Å². The molecule has 1 aliphatic heterocycles. The van der Waals surface area contributed by atoms with Crippen LogP contribution >= 0.6 is 0 Å². The topological polar surface area (TPSA) is 68.3 Å². The summed E-state index contributed by atoms with van der Waals surface area (Å²) in [6, 6.07) is 2.53. The van der Waals surface area contributed by atoms with Gasteiger partial charge in [0.2, 0.25) is 5.91 Å². The number of alkyl halides is 1. The number of halogens is 1. The molecule has 0 radical (unpaired) electrons. The van der Waals surface area contributed by atoms with Crippen LogP contribution in [0, 0.1) is 5.92 Å². The van der Waals surface area contributed by atoms with E-state index in [2.05, 4.69) is 0 Å². The lowest BCUT2D eigenvalue weighted by molar-refractivity contribution is -0.121. The monoisotopic (exact) mass is 295 g/mol. The molecule has 1 aromatic rings. The summed E-state index contributed by atoms with van der Waals surface area (Å²) in [4.78, 5) is 25.6. The van der Waals surface area contributed by atoms with E-state index >= 15 is 0 Å². The van der Waals surface area contributed by atoms with Crippen LogP contribution in [0.2, 0.25) is 0 Å². The van der Waals surface area contributed by atoms with Crippen molar-refractivity contribution in [2.75, 3.05) is 13.1 Å². The van der Waals surface area contributed by atoms with Crippen molar-refractivity contribution >= 4 is 5.91 Å². The Morgan fingerprint density at radius 2 is 2.10 bits per heavy atom. The van der Waals surface area contributed by atoms with Gasteiger partial charge in [0.05, 0.1) is 0 Å². The molecule has 2 rings (SSSR count). The van der Waals surface area contributed by atoms with E-state index in [1.165, 1.54) is 10.6 Å². The van der Waals surface area contributed by atoms with E-state index in [1.807, 2.05) is 18.7 Å².